The second-order valence-electron chi connectivity index (χ2n) is 13.1. The second-order valence-corrected chi connectivity index (χ2v) is 13.1. The van der Waals surface area contributed by atoms with Gasteiger partial charge < -0.3 is 25.0 Å². The SMILES string of the molecule is CCCCCCCCCCCCCCCCCC(=O)N[C@@H](Cc1ccccc1)C(=O)NC(C)CC(=O)[O-].CC[N+](CC)(CC)CC. The lowest BCUT2D eigenvalue weighted by Crippen LogP contribution is -2.51. The minimum Gasteiger partial charge on any atom is -0.550 e. The fourth-order valence-corrected chi connectivity index (χ4v) is 5.97. The molecule has 7 nitrogen and oxygen atoms in total. The number of unbranched alkanes of at least 4 members (excludes halogenated alkanes) is 14. The highest BCUT2D eigenvalue weighted by Crippen LogP contribution is 2.14. The standard InChI is InChI=1S/C31H52N2O4.C8H20N/c1-3-4-5-6-7-8-9-10-11-12-13-14-15-16-20-23-29(34)33-28(25-27-21-18-17-19-22-27)31(37)32-26(2)24-30(35)36;1-5-9(6-2,7-3)8-4/h17-19,21-22,26,28H,3-16,20,23-25H2,1-2H3,(H,32,37)(H,33,34)(H,35,36);5-8H2,1-4H3/q;+1/p-1/t26?,28-;/m0./s1. The Bertz CT molecular complexity index is 871. The summed E-state index contributed by atoms with van der Waals surface area (Å²) in [7, 11) is 0. The van der Waals surface area contributed by atoms with Gasteiger partial charge in [0.25, 0.3) is 0 Å². The Morgan fingerprint density at radius 1 is 0.652 bits per heavy atom. The molecule has 1 aromatic rings. The minimum atomic E-state index is -1.22. The van der Waals surface area contributed by atoms with Crippen molar-refractivity contribution in [1.29, 1.82) is 0 Å². The molecule has 0 aromatic heterocycles. The van der Waals surface area contributed by atoms with Crippen molar-refractivity contribution < 1.29 is 24.0 Å². The van der Waals surface area contributed by atoms with Gasteiger partial charge in [-0.2, -0.15) is 0 Å². The third kappa shape index (κ3) is 23.0. The van der Waals surface area contributed by atoms with Gasteiger partial charge in [0.15, 0.2) is 0 Å². The summed E-state index contributed by atoms with van der Waals surface area (Å²) >= 11 is 0. The molecule has 0 radical (unpaired) electrons. The third-order valence-electron chi connectivity index (χ3n) is 9.49. The molecule has 1 unspecified atom stereocenters. The number of carbonyl (C=O) groups is 3. The van der Waals surface area contributed by atoms with E-state index in [1.165, 1.54) is 108 Å². The first-order valence-electron chi connectivity index (χ1n) is 18.8. The van der Waals surface area contributed by atoms with Crippen molar-refractivity contribution in [2.24, 2.45) is 0 Å². The largest absolute Gasteiger partial charge is 0.550 e. The Kier molecular flexibility index (Phi) is 27.3. The van der Waals surface area contributed by atoms with Crippen LogP contribution in [0.3, 0.4) is 0 Å². The molecule has 1 rings (SSSR count). The summed E-state index contributed by atoms with van der Waals surface area (Å²) < 4.78 is 1.28. The molecule has 266 valence electrons. The van der Waals surface area contributed by atoms with E-state index in [1.54, 1.807) is 6.92 Å². The third-order valence-corrected chi connectivity index (χ3v) is 9.49. The number of aliphatic carboxylic acids is 1. The molecule has 0 spiro atoms. The van der Waals surface area contributed by atoms with Crippen LogP contribution in [-0.4, -0.2) is 60.5 Å². The number of quaternary nitrogens is 1. The summed E-state index contributed by atoms with van der Waals surface area (Å²) in [4.78, 5) is 36.1. The smallest absolute Gasteiger partial charge is 0.243 e. The van der Waals surface area contributed by atoms with Crippen molar-refractivity contribution in [3.8, 4) is 0 Å². The van der Waals surface area contributed by atoms with Gasteiger partial charge in [0.2, 0.25) is 11.8 Å². The van der Waals surface area contributed by atoms with E-state index in [2.05, 4.69) is 45.3 Å². The zero-order valence-corrected chi connectivity index (χ0v) is 30.7. The van der Waals surface area contributed by atoms with Crippen molar-refractivity contribution in [1.82, 2.24) is 10.6 Å². The topological polar surface area (TPSA) is 98.3 Å². The van der Waals surface area contributed by atoms with Gasteiger partial charge in [-0.15, -0.1) is 0 Å². The van der Waals surface area contributed by atoms with E-state index in [-0.39, 0.29) is 18.2 Å². The first kappa shape index (κ1) is 43.6. The molecule has 0 fully saturated rings. The number of hydrogen-bond acceptors (Lipinski definition) is 4. The van der Waals surface area contributed by atoms with Crippen LogP contribution in [0.15, 0.2) is 30.3 Å². The summed E-state index contributed by atoms with van der Waals surface area (Å²) in [6, 6.07) is 8.19. The van der Waals surface area contributed by atoms with E-state index in [9.17, 15) is 19.5 Å². The predicted molar refractivity (Wildman–Crippen MR) is 191 cm³/mol. The van der Waals surface area contributed by atoms with Crippen LogP contribution in [0.1, 0.15) is 156 Å². The number of nitrogens with zero attached hydrogens (tertiary/aromatic N) is 1. The van der Waals surface area contributed by atoms with Gasteiger partial charge in [0.1, 0.15) is 6.04 Å². The maximum absolute atomic E-state index is 12.7. The van der Waals surface area contributed by atoms with Crippen LogP contribution < -0.4 is 15.7 Å². The molecular weight excluding hydrogens is 574 g/mol. The van der Waals surface area contributed by atoms with Gasteiger partial charge >= 0.3 is 0 Å². The molecule has 0 bridgehead atoms. The van der Waals surface area contributed by atoms with Crippen LogP contribution in [0.5, 0.6) is 0 Å². The number of nitrogens with one attached hydrogen (secondary N) is 2. The average Bonchev–Trinajstić information content (AvgIpc) is 3.04. The Morgan fingerprint density at radius 2 is 1.09 bits per heavy atom. The summed E-state index contributed by atoms with van der Waals surface area (Å²) in [5, 5.41) is 16.4. The summed E-state index contributed by atoms with van der Waals surface area (Å²) in [5.41, 5.74) is 0.933. The highest BCUT2D eigenvalue weighted by Gasteiger charge is 2.22. The van der Waals surface area contributed by atoms with Crippen molar-refractivity contribution in [2.75, 3.05) is 26.2 Å². The number of carbonyl (C=O) groups excluding carboxylic acids is 3. The number of carboxylic acids is 1. The monoisotopic (exact) mass is 646 g/mol. The molecule has 7 heteroatoms. The van der Waals surface area contributed by atoms with Gasteiger partial charge in [-0.3, -0.25) is 9.59 Å². The zero-order valence-electron chi connectivity index (χ0n) is 30.7. The number of amides is 2. The lowest BCUT2D eigenvalue weighted by atomic mass is 10.0. The highest BCUT2D eigenvalue weighted by molar-refractivity contribution is 5.88. The van der Waals surface area contributed by atoms with E-state index in [0.717, 1.165) is 24.8 Å². The molecule has 0 aliphatic carbocycles. The lowest BCUT2D eigenvalue weighted by Gasteiger charge is -2.34. The van der Waals surface area contributed by atoms with Crippen molar-refractivity contribution in [3.05, 3.63) is 35.9 Å². The van der Waals surface area contributed by atoms with Crippen molar-refractivity contribution in [3.63, 3.8) is 0 Å². The zero-order chi connectivity index (χ0) is 34.5. The van der Waals surface area contributed by atoms with Crippen LogP contribution in [0.4, 0.5) is 0 Å². The van der Waals surface area contributed by atoms with E-state index >= 15 is 0 Å². The molecule has 1 aromatic carbocycles. The number of benzene rings is 1. The predicted octanol–water partition coefficient (Wildman–Crippen LogP) is 7.50. The van der Waals surface area contributed by atoms with E-state index < -0.39 is 18.1 Å². The number of hydrogen-bond donors (Lipinski definition) is 2. The van der Waals surface area contributed by atoms with E-state index in [0.29, 0.717) is 12.8 Å². The van der Waals surface area contributed by atoms with Crippen LogP contribution in [0.2, 0.25) is 0 Å². The first-order chi connectivity index (χ1) is 22.2. The number of carboxylic acid groups (broad SMARTS) is 1. The number of rotatable bonds is 27. The molecule has 0 saturated carbocycles. The van der Waals surface area contributed by atoms with Crippen LogP contribution in [0.25, 0.3) is 0 Å². The Hall–Kier alpha value is -2.41. The van der Waals surface area contributed by atoms with Crippen molar-refractivity contribution >= 4 is 17.8 Å². The Morgan fingerprint density at radius 3 is 1.48 bits per heavy atom. The Balaban J connectivity index is 0.00000195. The minimum absolute atomic E-state index is 0.140. The molecule has 2 atom stereocenters. The van der Waals surface area contributed by atoms with Gasteiger partial charge in [0, 0.05) is 31.3 Å². The summed E-state index contributed by atoms with van der Waals surface area (Å²) in [5.74, 6) is -1.73. The average molecular weight is 646 g/mol. The summed E-state index contributed by atoms with van der Waals surface area (Å²) in [6.45, 7) is 18.1. The maximum atomic E-state index is 12.7. The molecule has 0 heterocycles. The molecule has 2 N–H and O–H groups in total. The van der Waals surface area contributed by atoms with Crippen LogP contribution in [0, 0.1) is 0 Å². The van der Waals surface area contributed by atoms with Crippen molar-refractivity contribution in [2.45, 2.75) is 169 Å². The van der Waals surface area contributed by atoms with Crippen LogP contribution in [-0.2, 0) is 20.8 Å². The first-order valence-corrected chi connectivity index (χ1v) is 18.8. The molecule has 2 amide bonds. The highest BCUT2D eigenvalue weighted by atomic mass is 16.4. The molecule has 0 aliphatic rings. The van der Waals surface area contributed by atoms with Crippen LogP contribution >= 0.6 is 0 Å². The van der Waals surface area contributed by atoms with Gasteiger partial charge in [-0.25, -0.2) is 0 Å². The van der Waals surface area contributed by atoms with Gasteiger partial charge in [-0.1, -0.05) is 127 Å². The van der Waals surface area contributed by atoms with E-state index in [1.807, 2.05) is 30.3 Å². The fourth-order valence-electron chi connectivity index (χ4n) is 5.97. The normalized spacial score (nSPS) is 12.5. The second kappa shape index (κ2) is 28.8. The molecule has 0 aliphatic heterocycles. The Labute approximate surface area is 283 Å². The quantitative estimate of drug-likeness (QED) is 0.0765. The molecule has 0 saturated heterocycles. The fraction of sp³-hybridized carbons (Fsp3) is 0.769. The maximum Gasteiger partial charge on any atom is 0.243 e. The lowest BCUT2D eigenvalue weighted by molar-refractivity contribution is -0.921. The van der Waals surface area contributed by atoms with Gasteiger partial charge in [-0.05, 0) is 46.6 Å². The van der Waals surface area contributed by atoms with Gasteiger partial charge in [0.05, 0.1) is 26.2 Å². The molecular formula is C39H71N3O4. The summed E-state index contributed by atoms with van der Waals surface area (Å²) in [6.07, 6.45) is 19.6. The van der Waals surface area contributed by atoms with E-state index in [4.69, 9.17) is 0 Å². The molecule has 46 heavy (non-hydrogen) atoms.